The topological polar surface area (TPSA) is 29.5 Å². The summed E-state index contributed by atoms with van der Waals surface area (Å²) in [5, 5.41) is 10.7. The van der Waals surface area contributed by atoms with Crippen LogP contribution in [0.5, 0.6) is 0 Å². The fourth-order valence-electron chi connectivity index (χ4n) is 2.61. The zero-order valence-corrected chi connectivity index (χ0v) is 11.5. The number of aryl methyl sites for hydroxylation is 1. The molecule has 0 saturated carbocycles. The van der Waals surface area contributed by atoms with Gasteiger partial charge in [-0.05, 0) is 24.5 Å². The second kappa shape index (κ2) is 5.17. The predicted molar refractivity (Wildman–Crippen MR) is 68.8 cm³/mol. The molecule has 1 saturated heterocycles. The monoisotopic (exact) mass is 270 g/mol. The van der Waals surface area contributed by atoms with E-state index in [4.69, 9.17) is 4.74 Å². The maximum Gasteiger partial charge on any atom is 0.135 e. The number of halogens is 2. The van der Waals surface area contributed by atoms with E-state index < -0.39 is 17.2 Å². The second-order valence-corrected chi connectivity index (χ2v) is 5.69. The van der Waals surface area contributed by atoms with E-state index in [0.29, 0.717) is 12.2 Å². The van der Waals surface area contributed by atoms with Crippen molar-refractivity contribution in [1.82, 2.24) is 0 Å². The Labute approximate surface area is 112 Å². The number of hydrogen-bond acceptors (Lipinski definition) is 2. The molecule has 1 fully saturated rings. The molecule has 1 aliphatic rings. The first-order valence-electron chi connectivity index (χ1n) is 6.64. The van der Waals surface area contributed by atoms with E-state index in [1.54, 1.807) is 6.92 Å². The van der Waals surface area contributed by atoms with Crippen molar-refractivity contribution in [2.75, 3.05) is 6.61 Å². The van der Waals surface area contributed by atoms with Crippen molar-refractivity contribution in [1.29, 1.82) is 0 Å². The maximum atomic E-state index is 14.2. The molecule has 2 rings (SSSR count). The Hall–Kier alpha value is -1.00. The fraction of sp³-hybridized carbons (Fsp3) is 0.600. The summed E-state index contributed by atoms with van der Waals surface area (Å²) in [7, 11) is 0. The molecule has 0 amide bonds. The van der Waals surface area contributed by atoms with Crippen LogP contribution in [-0.4, -0.2) is 17.8 Å². The molecule has 0 aliphatic carbocycles. The Balaban J connectivity index is 2.42. The largest absolute Gasteiger partial charge is 0.385 e. The molecular formula is C15H20F2O2. The molecule has 0 aromatic heterocycles. The molecule has 2 unspecified atom stereocenters. The van der Waals surface area contributed by atoms with Gasteiger partial charge in [0, 0.05) is 12.8 Å². The molecule has 19 heavy (non-hydrogen) atoms. The molecule has 0 spiro atoms. The van der Waals surface area contributed by atoms with Crippen LogP contribution in [0.25, 0.3) is 0 Å². The zero-order valence-electron chi connectivity index (χ0n) is 11.5. The lowest BCUT2D eigenvalue weighted by atomic mass is 9.80. The summed E-state index contributed by atoms with van der Waals surface area (Å²) in [4.78, 5) is 0. The molecule has 1 N–H and O–H groups in total. The quantitative estimate of drug-likeness (QED) is 0.893. The highest BCUT2D eigenvalue weighted by atomic mass is 19.1. The van der Waals surface area contributed by atoms with Gasteiger partial charge in [0.25, 0.3) is 0 Å². The molecule has 1 aromatic carbocycles. The van der Waals surface area contributed by atoms with Gasteiger partial charge in [0.05, 0.1) is 18.3 Å². The van der Waals surface area contributed by atoms with E-state index in [-0.39, 0.29) is 30.4 Å². The zero-order chi connectivity index (χ0) is 14.2. The van der Waals surface area contributed by atoms with Crippen LogP contribution < -0.4 is 0 Å². The van der Waals surface area contributed by atoms with Crippen LogP contribution in [0.4, 0.5) is 8.78 Å². The minimum absolute atomic E-state index is 0.182. The van der Waals surface area contributed by atoms with E-state index in [9.17, 15) is 13.9 Å². The van der Waals surface area contributed by atoms with Gasteiger partial charge in [-0.15, -0.1) is 0 Å². The summed E-state index contributed by atoms with van der Waals surface area (Å²) in [5.41, 5.74) is -1.34. The third-order valence-corrected chi connectivity index (χ3v) is 3.88. The molecule has 2 nitrogen and oxygen atoms in total. The normalized spacial score (nSPS) is 27.8. The first-order valence-corrected chi connectivity index (χ1v) is 6.64. The van der Waals surface area contributed by atoms with Gasteiger partial charge in [-0.2, -0.15) is 0 Å². The number of ether oxygens (including phenoxy) is 1. The highest BCUT2D eigenvalue weighted by Gasteiger charge is 2.41. The average molecular weight is 270 g/mol. The lowest BCUT2D eigenvalue weighted by molar-refractivity contribution is -0.124. The van der Waals surface area contributed by atoms with Crippen LogP contribution >= 0.6 is 0 Å². The number of aliphatic hydroxyl groups is 1. The van der Waals surface area contributed by atoms with Crippen LogP contribution in [-0.2, 0) is 10.3 Å². The highest BCUT2D eigenvalue weighted by molar-refractivity contribution is 5.32. The first-order chi connectivity index (χ1) is 8.85. The molecule has 2 atom stereocenters. The van der Waals surface area contributed by atoms with Gasteiger partial charge < -0.3 is 9.84 Å². The molecule has 4 heteroatoms. The van der Waals surface area contributed by atoms with E-state index in [0.717, 1.165) is 0 Å². The van der Waals surface area contributed by atoms with E-state index in [1.165, 1.54) is 12.1 Å². The number of hydrogen-bond donors (Lipinski definition) is 1. The van der Waals surface area contributed by atoms with Crippen LogP contribution in [0.2, 0.25) is 0 Å². The van der Waals surface area contributed by atoms with Gasteiger partial charge in [0.15, 0.2) is 0 Å². The Morgan fingerprint density at radius 3 is 2.68 bits per heavy atom. The summed E-state index contributed by atoms with van der Waals surface area (Å²) in [6.45, 7) is 5.83. The third-order valence-electron chi connectivity index (χ3n) is 3.88. The smallest absolute Gasteiger partial charge is 0.135 e. The minimum Gasteiger partial charge on any atom is -0.385 e. The summed E-state index contributed by atoms with van der Waals surface area (Å²) >= 11 is 0. The van der Waals surface area contributed by atoms with Crippen molar-refractivity contribution in [3.8, 4) is 0 Å². The van der Waals surface area contributed by atoms with Gasteiger partial charge in [0.2, 0.25) is 0 Å². The van der Waals surface area contributed by atoms with Gasteiger partial charge in [-0.25, -0.2) is 8.78 Å². The van der Waals surface area contributed by atoms with E-state index in [1.807, 2.05) is 13.8 Å². The first kappa shape index (κ1) is 14.4. The second-order valence-electron chi connectivity index (χ2n) is 5.69. The third kappa shape index (κ3) is 2.65. The molecular weight excluding hydrogens is 250 g/mol. The number of rotatable bonds is 2. The molecule has 1 heterocycles. The summed E-state index contributed by atoms with van der Waals surface area (Å²) in [6.07, 6.45) is 0.258. The van der Waals surface area contributed by atoms with Crippen LogP contribution in [0.3, 0.4) is 0 Å². The molecule has 106 valence electrons. The number of benzene rings is 1. The van der Waals surface area contributed by atoms with Crippen LogP contribution in [0, 0.1) is 24.5 Å². The van der Waals surface area contributed by atoms with E-state index >= 15 is 0 Å². The Bertz CT molecular complexity index is 473. The molecule has 0 radical (unpaired) electrons. The Kier molecular flexibility index (Phi) is 3.92. The van der Waals surface area contributed by atoms with Crippen LogP contribution in [0.1, 0.15) is 37.8 Å². The molecule has 1 aromatic rings. The van der Waals surface area contributed by atoms with Crippen LogP contribution in [0.15, 0.2) is 12.1 Å². The SMILES string of the molecule is Cc1ccc(F)c(C2(O)CCOC(C(C)C)C2)c1F. The lowest BCUT2D eigenvalue weighted by Gasteiger charge is -2.39. The molecule has 0 bridgehead atoms. The Morgan fingerprint density at radius 2 is 2.05 bits per heavy atom. The summed E-state index contributed by atoms with van der Waals surface area (Å²) < 4.78 is 33.7. The van der Waals surface area contributed by atoms with Crippen molar-refractivity contribution in [2.24, 2.45) is 5.92 Å². The summed E-state index contributed by atoms with van der Waals surface area (Å²) in [5.74, 6) is -1.13. The summed E-state index contributed by atoms with van der Waals surface area (Å²) in [6, 6.07) is 2.60. The highest BCUT2D eigenvalue weighted by Crippen LogP contribution is 2.39. The standard InChI is InChI=1S/C15H20F2O2/c1-9(2)12-8-15(18,6-7-19-12)13-11(16)5-4-10(3)14(13)17/h4-5,9,12,18H,6-8H2,1-3H3. The van der Waals surface area contributed by atoms with Gasteiger partial charge in [0.1, 0.15) is 17.2 Å². The van der Waals surface area contributed by atoms with Gasteiger partial charge in [-0.3, -0.25) is 0 Å². The van der Waals surface area contributed by atoms with Crippen molar-refractivity contribution >= 4 is 0 Å². The van der Waals surface area contributed by atoms with Crippen molar-refractivity contribution in [3.63, 3.8) is 0 Å². The fourth-order valence-corrected chi connectivity index (χ4v) is 2.61. The molecule has 1 aliphatic heterocycles. The maximum absolute atomic E-state index is 14.2. The van der Waals surface area contributed by atoms with Gasteiger partial charge in [-0.1, -0.05) is 19.9 Å². The Morgan fingerprint density at radius 1 is 1.37 bits per heavy atom. The van der Waals surface area contributed by atoms with Crippen molar-refractivity contribution in [3.05, 3.63) is 34.9 Å². The van der Waals surface area contributed by atoms with Crippen molar-refractivity contribution in [2.45, 2.75) is 45.3 Å². The van der Waals surface area contributed by atoms with Gasteiger partial charge >= 0.3 is 0 Å². The van der Waals surface area contributed by atoms with E-state index in [2.05, 4.69) is 0 Å². The lowest BCUT2D eigenvalue weighted by Crippen LogP contribution is -2.42. The average Bonchev–Trinajstić information content (AvgIpc) is 2.34. The van der Waals surface area contributed by atoms with Crippen molar-refractivity contribution < 1.29 is 18.6 Å². The predicted octanol–water partition coefficient (Wildman–Crippen LogP) is 3.30. The minimum atomic E-state index is -1.48.